The average molecular weight is 355 g/mol. The molecule has 6 nitrogen and oxygen atoms in total. The molecule has 0 radical (unpaired) electrons. The summed E-state index contributed by atoms with van der Waals surface area (Å²) >= 11 is 0. The van der Waals surface area contributed by atoms with Crippen molar-refractivity contribution in [1.29, 1.82) is 0 Å². The highest BCUT2D eigenvalue weighted by molar-refractivity contribution is 5.82. The maximum absolute atomic E-state index is 12.7. The van der Waals surface area contributed by atoms with Crippen molar-refractivity contribution in [3.8, 4) is 0 Å². The van der Waals surface area contributed by atoms with Crippen LogP contribution in [0.3, 0.4) is 0 Å². The highest BCUT2D eigenvalue weighted by Gasteiger charge is 2.30. The predicted molar refractivity (Wildman–Crippen MR) is 97.6 cm³/mol. The summed E-state index contributed by atoms with van der Waals surface area (Å²) in [6, 6.07) is 5.74. The van der Waals surface area contributed by atoms with E-state index in [4.69, 9.17) is 4.42 Å². The van der Waals surface area contributed by atoms with Crippen molar-refractivity contribution < 1.29 is 14.0 Å². The molecule has 2 amide bonds. The molecular formula is C20H25N3O3. The van der Waals surface area contributed by atoms with Gasteiger partial charge in [-0.3, -0.25) is 9.59 Å². The molecule has 2 heterocycles. The van der Waals surface area contributed by atoms with Gasteiger partial charge in [0.15, 0.2) is 11.5 Å². The fourth-order valence-corrected chi connectivity index (χ4v) is 3.78. The van der Waals surface area contributed by atoms with E-state index in [2.05, 4.69) is 4.98 Å². The quantitative estimate of drug-likeness (QED) is 0.849. The van der Waals surface area contributed by atoms with Gasteiger partial charge >= 0.3 is 0 Å². The van der Waals surface area contributed by atoms with Crippen LogP contribution in [0.4, 0.5) is 0 Å². The summed E-state index contributed by atoms with van der Waals surface area (Å²) in [7, 11) is 0. The molecule has 6 heteroatoms. The SMILES string of the molecule is Cc1nc2ccc(CC(=O)N3CCCN(C(=O)C4CCC4)CC3)cc2o1. The number of benzene rings is 1. The molecule has 0 atom stereocenters. The molecule has 1 saturated carbocycles. The molecular weight excluding hydrogens is 330 g/mol. The van der Waals surface area contributed by atoms with E-state index < -0.39 is 0 Å². The van der Waals surface area contributed by atoms with Gasteiger partial charge in [0.05, 0.1) is 6.42 Å². The maximum atomic E-state index is 12.7. The highest BCUT2D eigenvalue weighted by Crippen LogP contribution is 2.28. The van der Waals surface area contributed by atoms with E-state index in [1.807, 2.05) is 34.9 Å². The number of nitrogens with zero attached hydrogens (tertiary/aromatic N) is 3. The molecule has 1 aromatic carbocycles. The minimum absolute atomic E-state index is 0.110. The second kappa shape index (κ2) is 7.09. The van der Waals surface area contributed by atoms with Crippen molar-refractivity contribution in [2.45, 2.75) is 39.0 Å². The van der Waals surface area contributed by atoms with Gasteiger partial charge in [-0.15, -0.1) is 0 Å². The summed E-state index contributed by atoms with van der Waals surface area (Å²) in [6.45, 7) is 4.58. The van der Waals surface area contributed by atoms with Gasteiger partial charge < -0.3 is 14.2 Å². The Morgan fingerprint density at radius 1 is 1.12 bits per heavy atom. The van der Waals surface area contributed by atoms with Crippen LogP contribution in [0.5, 0.6) is 0 Å². The number of amides is 2. The average Bonchev–Trinajstić information content (AvgIpc) is 2.78. The van der Waals surface area contributed by atoms with Crippen LogP contribution in [0.25, 0.3) is 11.1 Å². The molecule has 1 aliphatic carbocycles. The lowest BCUT2D eigenvalue weighted by Gasteiger charge is -2.31. The molecule has 2 aromatic rings. The Kier molecular flexibility index (Phi) is 4.66. The Balaban J connectivity index is 1.37. The number of aryl methyl sites for hydroxylation is 1. The third-order valence-electron chi connectivity index (χ3n) is 5.53. The summed E-state index contributed by atoms with van der Waals surface area (Å²) < 4.78 is 5.55. The first-order valence-electron chi connectivity index (χ1n) is 9.53. The molecule has 2 fully saturated rings. The first-order valence-corrected chi connectivity index (χ1v) is 9.53. The number of carbonyl (C=O) groups is 2. The van der Waals surface area contributed by atoms with Crippen LogP contribution in [-0.2, 0) is 16.0 Å². The van der Waals surface area contributed by atoms with Gasteiger partial charge in [0.1, 0.15) is 5.52 Å². The van der Waals surface area contributed by atoms with Crippen LogP contribution in [0, 0.1) is 12.8 Å². The minimum atomic E-state index is 0.110. The van der Waals surface area contributed by atoms with Crippen LogP contribution in [-0.4, -0.2) is 52.8 Å². The van der Waals surface area contributed by atoms with Crippen LogP contribution in [0.15, 0.2) is 22.6 Å². The lowest BCUT2D eigenvalue weighted by Crippen LogP contribution is -2.41. The number of hydrogen-bond acceptors (Lipinski definition) is 4. The Morgan fingerprint density at radius 2 is 1.88 bits per heavy atom. The van der Waals surface area contributed by atoms with Crippen molar-refractivity contribution in [2.24, 2.45) is 5.92 Å². The fourth-order valence-electron chi connectivity index (χ4n) is 3.78. The number of oxazole rings is 1. The van der Waals surface area contributed by atoms with Crippen molar-refractivity contribution in [3.63, 3.8) is 0 Å². The molecule has 138 valence electrons. The largest absolute Gasteiger partial charge is 0.441 e. The van der Waals surface area contributed by atoms with Gasteiger partial charge in [0.25, 0.3) is 0 Å². The Hall–Kier alpha value is -2.37. The van der Waals surface area contributed by atoms with Gasteiger partial charge in [0.2, 0.25) is 11.8 Å². The molecule has 2 aliphatic rings. The first-order chi connectivity index (χ1) is 12.6. The molecule has 4 rings (SSSR count). The van der Waals surface area contributed by atoms with Crippen LogP contribution >= 0.6 is 0 Å². The van der Waals surface area contributed by atoms with Crippen molar-refractivity contribution in [1.82, 2.24) is 14.8 Å². The zero-order valence-electron chi connectivity index (χ0n) is 15.2. The third-order valence-corrected chi connectivity index (χ3v) is 5.53. The number of fused-ring (bicyclic) bond motifs is 1. The monoisotopic (exact) mass is 355 g/mol. The molecule has 0 N–H and O–H groups in total. The zero-order chi connectivity index (χ0) is 18.1. The normalized spacial score (nSPS) is 18.7. The van der Waals surface area contributed by atoms with E-state index in [0.29, 0.717) is 25.4 Å². The Labute approximate surface area is 153 Å². The molecule has 0 bridgehead atoms. The van der Waals surface area contributed by atoms with Gasteiger partial charge in [-0.05, 0) is 37.0 Å². The second-order valence-electron chi connectivity index (χ2n) is 7.40. The summed E-state index contributed by atoms with van der Waals surface area (Å²) in [5, 5.41) is 0. The van der Waals surface area contributed by atoms with E-state index in [9.17, 15) is 9.59 Å². The fraction of sp³-hybridized carbons (Fsp3) is 0.550. The second-order valence-corrected chi connectivity index (χ2v) is 7.40. The Bertz CT molecular complexity index is 825. The first kappa shape index (κ1) is 17.1. The van der Waals surface area contributed by atoms with E-state index >= 15 is 0 Å². The predicted octanol–water partition coefficient (Wildman–Crippen LogP) is 2.54. The van der Waals surface area contributed by atoms with Crippen molar-refractivity contribution >= 4 is 22.9 Å². The van der Waals surface area contributed by atoms with Crippen LogP contribution in [0.2, 0.25) is 0 Å². The van der Waals surface area contributed by atoms with Crippen LogP contribution in [0.1, 0.15) is 37.1 Å². The van der Waals surface area contributed by atoms with E-state index in [-0.39, 0.29) is 17.7 Å². The van der Waals surface area contributed by atoms with Gasteiger partial charge in [-0.1, -0.05) is 12.5 Å². The zero-order valence-corrected chi connectivity index (χ0v) is 15.2. The molecule has 26 heavy (non-hydrogen) atoms. The van der Waals surface area contributed by atoms with Gasteiger partial charge in [0, 0.05) is 39.0 Å². The molecule has 1 saturated heterocycles. The number of hydrogen-bond donors (Lipinski definition) is 0. The van der Waals surface area contributed by atoms with E-state index in [1.54, 1.807) is 0 Å². The number of rotatable bonds is 3. The summed E-state index contributed by atoms with van der Waals surface area (Å²) in [5.41, 5.74) is 2.48. The Morgan fingerprint density at radius 3 is 2.65 bits per heavy atom. The van der Waals surface area contributed by atoms with Crippen molar-refractivity contribution in [3.05, 3.63) is 29.7 Å². The van der Waals surface area contributed by atoms with Gasteiger partial charge in [-0.2, -0.15) is 0 Å². The maximum Gasteiger partial charge on any atom is 0.227 e. The lowest BCUT2D eigenvalue weighted by atomic mass is 9.84. The van der Waals surface area contributed by atoms with Crippen molar-refractivity contribution in [2.75, 3.05) is 26.2 Å². The van der Waals surface area contributed by atoms with E-state index in [1.165, 1.54) is 6.42 Å². The van der Waals surface area contributed by atoms with Crippen LogP contribution < -0.4 is 0 Å². The minimum Gasteiger partial charge on any atom is -0.441 e. The molecule has 1 aliphatic heterocycles. The van der Waals surface area contributed by atoms with E-state index in [0.717, 1.165) is 49.0 Å². The lowest BCUT2D eigenvalue weighted by molar-refractivity contribution is -0.138. The summed E-state index contributed by atoms with van der Waals surface area (Å²) in [6.07, 6.45) is 4.43. The topological polar surface area (TPSA) is 66.7 Å². The molecule has 1 aromatic heterocycles. The molecule has 0 unspecified atom stereocenters. The smallest absolute Gasteiger partial charge is 0.227 e. The standard InChI is InChI=1S/C20H25N3O3/c1-14-21-17-7-6-15(12-18(17)26-14)13-19(24)22-8-3-9-23(11-10-22)20(25)16-4-2-5-16/h6-7,12,16H,2-5,8-11,13H2,1H3. The summed E-state index contributed by atoms with van der Waals surface area (Å²) in [5.74, 6) is 1.26. The highest BCUT2D eigenvalue weighted by atomic mass is 16.3. The van der Waals surface area contributed by atoms with Gasteiger partial charge in [-0.25, -0.2) is 4.98 Å². The summed E-state index contributed by atoms with van der Waals surface area (Å²) in [4.78, 5) is 33.3. The number of aromatic nitrogens is 1. The third kappa shape index (κ3) is 3.45. The molecule has 0 spiro atoms. The number of carbonyl (C=O) groups excluding carboxylic acids is 2.